The molecule has 1 aromatic heterocycles. The molecule has 0 aliphatic heterocycles. The first-order valence-corrected chi connectivity index (χ1v) is 5.76. The Morgan fingerprint density at radius 2 is 2.05 bits per heavy atom. The summed E-state index contributed by atoms with van der Waals surface area (Å²) >= 11 is 0. The molecule has 1 rings (SSSR count). The number of urea groups is 1. The van der Waals surface area contributed by atoms with Crippen LogP contribution in [0.3, 0.4) is 0 Å². The lowest BCUT2D eigenvalue weighted by molar-refractivity contribution is 0.0825. The number of rotatable bonds is 3. The summed E-state index contributed by atoms with van der Waals surface area (Å²) in [6.45, 7) is 1.73. The van der Waals surface area contributed by atoms with E-state index in [4.69, 9.17) is 5.73 Å². The SMILES string of the molecule is Cc1cc(=O)c(C(=O)N(C)C)c(/C=N/NC(N)=O)n1C. The van der Waals surface area contributed by atoms with Crippen LogP contribution in [0.25, 0.3) is 0 Å². The third kappa shape index (κ3) is 3.22. The molecule has 1 heterocycles. The van der Waals surface area contributed by atoms with Gasteiger partial charge in [0.1, 0.15) is 5.56 Å². The Bertz CT molecular complexity index is 631. The van der Waals surface area contributed by atoms with Gasteiger partial charge in [0, 0.05) is 32.9 Å². The smallest absolute Gasteiger partial charge is 0.332 e. The zero-order chi connectivity index (χ0) is 15.4. The van der Waals surface area contributed by atoms with Crippen LogP contribution in [-0.4, -0.2) is 41.7 Å². The first kappa shape index (κ1) is 15.4. The Hall–Kier alpha value is -2.64. The molecule has 0 aromatic carbocycles. The molecule has 20 heavy (non-hydrogen) atoms. The number of pyridine rings is 1. The van der Waals surface area contributed by atoms with E-state index in [0.29, 0.717) is 11.4 Å². The first-order chi connectivity index (χ1) is 9.25. The molecule has 1 aromatic rings. The average molecular weight is 279 g/mol. The van der Waals surface area contributed by atoms with Crippen LogP contribution in [-0.2, 0) is 7.05 Å². The zero-order valence-electron chi connectivity index (χ0n) is 11.8. The minimum Gasteiger partial charge on any atom is -0.350 e. The fraction of sp³-hybridized carbons (Fsp3) is 0.333. The number of hydrogen-bond donors (Lipinski definition) is 2. The minimum atomic E-state index is -0.834. The quantitative estimate of drug-likeness (QED) is 0.569. The van der Waals surface area contributed by atoms with Crippen molar-refractivity contribution >= 4 is 18.2 Å². The second kappa shape index (κ2) is 6.00. The van der Waals surface area contributed by atoms with E-state index in [-0.39, 0.29) is 5.56 Å². The van der Waals surface area contributed by atoms with Gasteiger partial charge in [-0.3, -0.25) is 9.59 Å². The maximum atomic E-state index is 12.1. The molecule has 3 N–H and O–H groups in total. The van der Waals surface area contributed by atoms with E-state index in [0.717, 1.165) is 0 Å². The minimum absolute atomic E-state index is 0.0156. The fourth-order valence-electron chi connectivity index (χ4n) is 1.59. The van der Waals surface area contributed by atoms with Crippen LogP contribution in [0.2, 0.25) is 0 Å². The Morgan fingerprint density at radius 3 is 2.55 bits per heavy atom. The maximum Gasteiger partial charge on any atom is 0.332 e. The number of aryl methyl sites for hydroxylation is 1. The van der Waals surface area contributed by atoms with Gasteiger partial charge < -0.3 is 15.2 Å². The van der Waals surface area contributed by atoms with Crippen LogP contribution in [0, 0.1) is 6.92 Å². The molecule has 0 saturated heterocycles. The van der Waals surface area contributed by atoms with E-state index in [9.17, 15) is 14.4 Å². The van der Waals surface area contributed by atoms with Crippen molar-refractivity contribution in [2.24, 2.45) is 17.9 Å². The normalized spacial score (nSPS) is 10.6. The summed E-state index contributed by atoms with van der Waals surface area (Å²) in [5.74, 6) is -0.439. The predicted molar refractivity (Wildman–Crippen MR) is 74.8 cm³/mol. The standard InChI is InChI=1S/C12H17N5O3/c1-7-5-9(18)10(11(19)16(2)3)8(17(7)4)6-14-15-12(13)20/h5-6H,1-4H3,(H3,13,15,20)/b14-6+. The number of hydrazone groups is 1. The highest BCUT2D eigenvalue weighted by molar-refractivity contribution is 6.01. The highest BCUT2D eigenvalue weighted by atomic mass is 16.2. The van der Waals surface area contributed by atoms with E-state index < -0.39 is 17.4 Å². The molecule has 0 unspecified atom stereocenters. The molecule has 0 spiro atoms. The van der Waals surface area contributed by atoms with E-state index in [1.165, 1.54) is 17.2 Å². The van der Waals surface area contributed by atoms with Crippen molar-refractivity contribution < 1.29 is 9.59 Å². The van der Waals surface area contributed by atoms with Gasteiger partial charge in [-0.2, -0.15) is 5.10 Å². The molecule has 8 heteroatoms. The summed E-state index contributed by atoms with van der Waals surface area (Å²) in [5, 5.41) is 3.61. The number of carbonyl (C=O) groups excluding carboxylic acids is 2. The number of primary amides is 1. The van der Waals surface area contributed by atoms with Gasteiger partial charge in [-0.15, -0.1) is 0 Å². The van der Waals surface area contributed by atoms with Crippen LogP contribution in [0.4, 0.5) is 4.79 Å². The Labute approximate surface area is 115 Å². The summed E-state index contributed by atoms with van der Waals surface area (Å²) in [5.41, 5.74) is 7.45. The maximum absolute atomic E-state index is 12.1. The van der Waals surface area contributed by atoms with Gasteiger partial charge in [0.25, 0.3) is 5.91 Å². The lowest BCUT2D eigenvalue weighted by atomic mass is 10.1. The van der Waals surface area contributed by atoms with Gasteiger partial charge in [0.2, 0.25) is 0 Å². The lowest BCUT2D eigenvalue weighted by Crippen LogP contribution is -2.32. The van der Waals surface area contributed by atoms with Gasteiger partial charge in [-0.05, 0) is 6.92 Å². The third-order valence-electron chi connectivity index (χ3n) is 2.71. The highest BCUT2D eigenvalue weighted by Crippen LogP contribution is 2.06. The van der Waals surface area contributed by atoms with Crippen molar-refractivity contribution in [2.75, 3.05) is 14.1 Å². The number of amides is 3. The van der Waals surface area contributed by atoms with E-state index in [1.807, 2.05) is 5.43 Å². The van der Waals surface area contributed by atoms with Crippen molar-refractivity contribution in [2.45, 2.75) is 6.92 Å². The Kier molecular flexibility index (Phi) is 4.63. The predicted octanol–water partition coefficient (Wildman–Crippen LogP) is -0.602. The van der Waals surface area contributed by atoms with Crippen molar-refractivity contribution in [3.63, 3.8) is 0 Å². The third-order valence-corrected chi connectivity index (χ3v) is 2.71. The first-order valence-electron chi connectivity index (χ1n) is 5.76. The summed E-state index contributed by atoms with van der Waals surface area (Å²) in [7, 11) is 4.78. The lowest BCUT2D eigenvalue weighted by Gasteiger charge is -2.16. The second-order valence-corrected chi connectivity index (χ2v) is 4.40. The number of nitrogens with two attached hydrogens (primary N) is 1. The summed E-state index contributed by atoms with van der Waals surface area (Å²) in [6.07, 6.45) is 1.22. The van der Waals surface area contributed by atoms with Crippen molar-refractivity contribution in [1.82, 2.24) is 14.9 Å². The van der Waals surface area contributed by atoms with Crippen molar-refractivity contribution in [1.29, 1.82) is 0 Å². The van der Waals surface area contributed by atoms with Gasteiger partial charge in [-0.1, -0.05) is 0 Å². The molecular formula is C12H17N5O3. The monoisotopic (exact) mass is 279 g/mol. The van der Waals surface area contributed by atoms with Gasteiger partial charge in [0.05, 0.1) is 11.9 Å². The van der Waals surface area contributed by atoms with E-state index in [2.05, 4.69) is 5.10 Å². The molecular weight excluding hydrogens is 262 g/mol. The van der Waals surface area contributed by atoms with Crippen LogP contribution in [0.15, 0.2) is 16.0 Å². The summed E-state index contributed by atoms with van der Waals surface area (Å²) < 4.78 is 1.63. The molecule has 0 aliphatic rings. The fourth-order valence-corrected chi connectivity index (χ4v) is 1.59. The number of carbonyl (C=O) groups is 2. The summed E-state index contributed by atoms with van der Waals surface area (Å²) in [6, 6.07) is 0.537. The summed E-state index contributed by atoms with van der Waals surface area (Å²) in [4.78, 5) is 36.0. The van der Waals surface area contributed by atoms with Crippen LogP contribution in [0.1, 0.15) is 21.7 Å². The largest absolute Gasteiger partial charge is 0.350 e. The van der Waals surface area contributed by atoms with Crippen LogP contribution < -0.4 is 16.6 Å². The van der Waals surface area contributed by atoms with E-state index in [1.54, 1.807) is 32.6 Å². The molecule has 108 valence electrons. The Balaban J connectivity index is 3.45. The topological polar surface area (TPSA) is 110 Å². The van der Waals surface area contributed by atoms with Gasteiger partial charge in [0.15, 0.2) is 5.43 Å². The zero-order valence-corrected chi connectivity index (χ0v) is 11.8. The number of nitrogens with one attached hydrogen (secondary N) is 1. The molecule has 8 nitrogen and oxygen atoms in total. The second-order valence-electron chi connectivity index (χ2n) is 4.40. The molecule has 0 fully saturated rings. The molecule has 0 atom stereocenters. The van der Waals surface area contributed by atoms with Gasteiger partial charge in [-0.25, -0.2) is 10.2 Å². The van der Waals surface area contributed by atoms with Gasteiger partial charge >= 0.3 is 6.03 Å². The average Bonchev–Trinajstić information content (AvgIpc) is 2.34. The Morgan fingerprint density at radius 1 is 1.45 bits per heavy atom. The van der Waals surface area contributed by atoms with Crippen LogP contribution >= 0.6 is 0 Å². The molecule has 0 radical (unpaired) electrons. The van der Waals surface area contributed by atoms with Crippen molar-refractivity contribution in [3.05, 3.63) is 33.2 Å². The molecule has 0 saturated carbocycles. The molecule has 3 amide bonds. The number of hydrogen-bond acceptors (Lipinski definition) is 4. The number of aromatic nitrogens is 1. The highest BCUT2D eigenvalue weighted by Gasteiger charge is 2.19. The van der Waals surface area contributed by atoms with E-state index >= 15 is 0 Å². The number of nitrogens with zero attached hydrogens (tertiary/aromatic N) is 3. The van der Waals surface area contributed by atoms with Crippen molar-refractivity contribution in [3.8, 4) is 0 Å². The van der Waals surface area contributed by atoms with Crippen LogP contribution in [0.5, 0.6) is 0 Å². The molecule has 0 aliphatic carbocycles. The molecule has 0 bridgehead atoms.